The predicted molar refractivity (Wildman–Crippen MR) is 67.7 cm³/mol. The molecule has 1 aliphatic rings. The zero-order chi connectivity index (χ0) is 14.6. The summed E-state index contributed by atoms with van der Waals surface area (Å²) in [5.74, 6) is -0.250. The van der Waals surface area contributed by atoms with Gasteiger partial charge in [0.05, 0.1) is 0 Å². The van der Waals surface area contributed by atoms with Crippen LogP contribution in [0.15, 0.2) is 24.3 Å². The molecule has 1 unspecified atom stereocenters. The van der Waals surface area contributed by atoms with Gasteiger partial charge in [0, 0.05) is 12.0 Å². The summed E-state index contributed by atoms with van der Waals surface area (Å²) in [4.78, 5) is 12.1. The van der Waals surface area contributed by atoms with E-state index >= 15 is 0 Å². The van der Waals surface area contributed by atoms with Crippen LogP contribution >= 0.6 is 0 Å². The van der Waals surface area contributed by atoms with Gasteiger partial charge in [0.2, 0.25) is 0 Å². The van der Waals surface area contributed by atoms with Gasteiger partial charge in [-0.25, -0.2) is 0 Å². The fourth-order valence-corrected chi connectivity index (χ4v) is 2.34. The lowest BCUT2D eigenvalue weighted by Crippen LogP contribution is -2.31. The number of alkyl halides is 3. The summed E-state index contributed by atoms with van der Waals surface area (Å²) in [6.45, 7) is 1.74. The van der Waals surface area contributed by atoms with Crippen molar-refractivity contribution in [1.29, 1.82) is 0 Å². The second-order valence-electron chi connectivity index (χ2n) is 4.92. The number of carbonyl (C=O) groups is 1. The monoisotopic (exact) mass is 287 g/mol. The Hall–Kier alpha value is -1.56. The lowest BCUT2D eigenvalue weighted by molar-refractivity contribution is -0.274. The van der Waals surface area contributed by atoms with E-state index in [1.807, 2.05) is 0 Å². The number of carbonyl (C=O) groups excluding carboxylic acids is 1. The number of piperidine rings is 1. The van der Waals surface area contributed by atoms with Crippen molar-refractivity contribution in [3.63, 3.8) is 0 Å². The summed E-state index contributed by atoms with van der Waals surface area (Å²) in [6, 6.07) is 5.24. The number of benzene rings is 1. The van der Waals surface area contributed by atoms with E-state index in [0.717, 1.165) is 32.0 Å². The maximum atomic E-state index is 12.1. The minimum Gasteiger partial charge on any atom is -0.406 e. The van der Waals surface area contributed by atoms with Gasteiger partial charge in [-0.15, -0.1) is 13.2 Å². The first-order valence-corrected chi connectivity index (χ1v) is 6.54. The molecule has 1 aliphatic heterocycles. The Morgan fingerprint density at radius 1 is 1.40 bits per heavy atom. The first-order valence-electron chi connectivity index (χ1n) is 6.54. The molecule has 6 heteroatoms. The van der Waals surface area contributed by atoms with Gasteiger partial charge in [-0.1, -0.05) is 12.1 Å². The molecular weight excluding hydrogens is 271 g/mol. The highest BCUT2D eigenvalue weighted by Crippen LogP contribution is 2.24. The summed E-state index contributed by atoms with van der Waals surface area (Å²) < 4.78 is 40.2. The summed E-state index contributed by atoms with van der Waals surface area (Å²) in [7, 11) is 0. The molecule has 0 radical (unpaired) electrons. The fourth-order valence-electron chi connectivity index (χ4n) is 2.34. The van der Waals surface area contributed by atoms with Crippen LogP contribution in [0, 0.1) is 5.92 Å². The van der Waals surface area contributed by atoms with Crippen LogP contribution in [0.1, 0.15) is 29.6 Å². The highest BCUT2D eigenvalue weighted by molar-refractivity contribution is 5.96. The Kier molecular flexibility index (Phi) is 4.65. The molecule has 0 aromatic heterocycles. The van der Waals surface area contributed by atoms with Crippen LogP contribution in [0.4, 0.5) is 13.2 Å². The molecule has 2 rings (SSSR count). The second kappa shape index (κ2) is 6.26. The van der Waals surface area contributed by atoms with Crippen molar-refractivity contribution in [2.24, 2.45) is 5.92 Å². The summed E-state index contributed by atoms with van der Waals surface area (Å²) in [5.41, 5.74) is 0.261. The van der Waals surface area contributed by atoms with Crippen LogP contribution in [0.25, 0.3) is 0 Å². The lowest BCUT2D eigenvalue weighted by atomic mass is 9.92. The molecule has 1 saturated heterocycles. The summed E-state index contributed by atoms with van der Waals surface area (Å²) >= 11 is 0. The molecule has 110 valence electrons. The van der Waals surface area contributed by atoms with E-state index in [4.69, 9.17) is 0 Å². The molecule has 0 aliphatic carbocycles. The number of ketones is 1. The summed E-state index contributed by atoms with van der Waals surface area (Å²) in [6.07, 6.45) is -2.40. The Bertz CT molecular complexity index is 468. The standard InChI is InChI=1S/C14H16F3NO2/c15-14(16,17)20-12-5-1-4-11(8-12)13(19)7-10-3-2-6-18-9-10/h1,4-5,8,10,18H,2-3,6-7,9H2. The molecule has 1 aromatic rings. The van der Waals surface area contributed by atoms with Gasteiger partial charge in [-0.3, -0.25) is 4.79 Å². The van der Waals surface area contributed by atoms with Gasteiger partial charge in [-0.05, 0) is 44.0 Å². The maximum absolute atomic E-state index is 12.1. The van der Waals surface area contributed by atoms with Crippen LogP contribution in [0.3, 0.4) is 0 Å². The van der Waals surface area contributed by atoms with Crippen LogP contribution < -0.4 is 10.1 Å². The van der Waals surface area contributed by atoms with Crippen LogP contribution in [0.5, 0.6) is 5.75 Å². The Balaban J connectivity index is 2.00. The second-order valence-corrected chi connectivity index (χ2v) is 4.92. The molecule has 1 fully saturated rings. The number of rotatable bonds is 4. The Morgan fingerprint density at radius 3 is 2.85 bits per heavy atom. The molecule has 0 bridgehead atoms. The molecule has 0 saturated carbocycles. The van der Waals surface area contributed by atoms with Crippen LogP contribution in [0.2, 0.25) is 0 Å². The zero-order valence-corrected chi connectivity index (χ0v) is 10.9. The van der Waals surface area contributed by atoms with Gasteiger partial charge < -0.3 is 10.1 Å². The van der Waals surface area contributed by atoms with E-state index in [2.05, 4.69) is 10.1 Å². The SMILES string of the molecule is O=C(CC1CCCNC1)c1cccc(OC(F)(F)F)c1. The molecule has 1 heterocycles. The van der Waals surface area contributed by atoms with Gasteiger partial charge in [-0.2, -0.15) is 0 Å². The first-order chi connectivity index (χ1) is 9.44. The third kappa shape index (κ3) is 4.52. The summed E-state index contributed by atoms with van der Waals surface area (Å²) in [5, 5.41) is 3.21. The molecule has 1 N–H and O–H groups in total. The van der Waals surface area contributed by atoms with Crippen molar-refractivity contribution < 1.29 is 22.7 Å². The lowest BCUT2D eigenvalue weighted by Gasteiger charge is -2.22. The van der Waals surface area contributed by atoms with E-state index in [0.29, 0.717) is 6.42 Å². The van der Waals surface area contributed by atoms with E-state index in [-0.39, 0.29) is 23.0 Å². The number of hydrogen-bond donors (Lipinski definition) is 1. The van der Waals surface area contributed by atoms with Gasteiger partial charge in [0.1, 0.15) is 5.75 Å². The molecule has 0 amide bonds. The molecule has 3 nitrogen and oxygen atoms in total. The first kappa shape index (κ1) is 14.8. The van der Waals surface area contributed by atoms with E-state index in [1.54, 1.807) is 0 Å². The number of ether oxygens (including phenoxy) is 1. The third-order valence-corrected chi connectivity index (χ3v) is 3.26. The quantitative estimate of drug-likeness (QED) is 0.864. The van der Waals surface area contributed by atoms with Crippen LogP contribution in [-0.4, -0.2) is 25.2 Å². The van der Waals surface area contributed by atoms with E-state index < -0.39 is 6.36 Å². The minimum absolute atomic E-state index is 0.147. The number of Topliss-reactive ketones (excluding diaryl/α,β-unsaturated/α-hetero) is 1. The molecular formula is C14H16F3NO2. The molecule has 1 atom stereocenters. The van der Waals surface area contributed by atoms with E-state index in [1.165, 1.54) is 18.2 Å². The van der Waals surface area contributed by atoms with Gasteiger partial charge in [0.15, 0.2) is 5.78 Å². The van der Waals surface area contributed by atoms with Crippen molar-refractivity contribution >= 4 is 5.78 Å². The Morgan fingerprint density at radius 2 is 2.20 bits per heavy atom. The normalized spacial score (nSPS) is 19.6. The van der Waals surface area contributed by atoms with Gasteiger partial charge >= 0.3 is 6.36 Å². The third-order valence-electron chi connectivity index (χ3n) is 3.26. The maximum Gasteiger partial charge on any atom is 0.573 e. The van der Waals surface area contributed by atoms with Crippen molar-refractivity contribution in [2.45, 2.75) is 25.6 Å². The number of nitrogens with one attached hydrogen (secondary N) is 1. The van der Waals surface area contributed by atoms with E-state index in [9.17, 15) is 18.0 Å². The highest BCUT2D eigenvalue weighted by Gasteiger charge is 2.31. The smallest absolute Gasteiger partial charge is 0.406 e. The molecule has 1 aromatic carbocycles. The molecule has 0 spiro atoms. The Labute approximate surface area is 115 Å². The molecule has 20 heavy (non-hydrogen) atoms. The zero-order valence-electron chi connectivity index (χ0n) is 10.9. The van der Waals surface area contributed by atoms with Crippen molar-refractivity contribution in [2.75, 3.05) is 13.1 Å². The minimum atomic E-state index is -4.74. The average molecular weight is 287 g/mol. The van der Waals surface area contributed by atoms with Crippen LogP contribution in [-0.2, 0) is 0 Å². The average Bonchev–Trinajstić information content (AvgIpc) is 2.38. The topological polar surface area (TPSA) is 38.3 Å². The fraction of sp³-hybridized carbons (Fsp3) is 0.500. The highest BCUT2D eigenvalue weighted by atomic mass is 19.4. The predicted octanol–water partition coefficient (Wildman–Crippen LogP) is 3.16. The van der Waals surface area contributed by atoms with Crippen molar-refractivity contribution in [3.05, 3.63) is 29.8 Å². The number of halogens is 3. The largest absolute Gasteiger partial charge is 0.573 e. The van der Waals surface area contributed by atoms with Crippen molar-refractivity contribution in [1.82, 2.24) is 5.32 Å². The number of hydrogen-bond acceptors (Lipinski definition) is 3. The van der Waals surface area contributed by atoms with Gasteiger partial charge in [0.25, 0.3) is 0 Å². The van der Waals surface area contributed by atoms with Crippen molar-refractivity contribution in [3.8, 4) is 5.75 Å².